The number of hydrogen-bond donors (Lipinski definition) is 0. The predicted octanol–water partition coefficient (Wildman–Crippen LogP) is 5.66. The van der Waals surface area contributed by atoms with E-state index >= 15 is 0 Å². The number of esters is 1. The first-order valence-electron chi connectivity index (χ1n) is 9.84. The van der Waals surface area contributed by atoms with Crippen LogP contribution >= 0.6 is 11.6 Å². The van der Waals surface area contributed by atoms with Gasteiger partial charge in [-0.3, -0.25) is 0 Å². The molecule has 0 saturated heterocycles. The number of carbonyl (C=O) groups excluding carboxylic acids is 1. The minimum absolute atomic E-state index is 0.204. The molecule has 6 heteroatoms. The summed E-state index contributed by atoms with van der Waals surface area (Å²) in [6.07, 6.45) is 1.66. The quantitative estimate of drug-likeness (QED) is 0.356. The first-order valence-corrected chi connectivity index (χ1v) is 10.2. The lowest BCUT2D eigenvalue weighted by Gasteiger charge is -2.12. The Morgan fingerprint density at radius 3 is 2.58 bits per heavy atom. The molecule has 0 aromatic heterocycles. The fourth-order valence-electron chi connectivity index (χ4n) is 3.05. The van der Waals surface area contributed by atoms with Crippen LogP contribution in [0.3, 0.4) is 0 Å². The Bertz CT molecular complexity index is 1160. The molecule has 0 N–H and O–H groups in total. The van der Waals surface area contributed by atoms with Crippen molar-refractivity contribution < 1.29 is 19.0 Å². The Balaban J connectivity index is 1.57. The van der Waals surface area contributed by atoms with Crippen LogP contribution in [-0.2, 0) is 16.1 Å². The first-order chi connectivity index (χ1) is 15.1. The molecule has 0 atom stereocenters. The van der Waals surface area contributed by atoms with Crippen LogP contribution in [0.25, 0.3) is 6.08 Å². The molecule has 0 amide bonds. The van der Waals surface area contributed by atoms with Crippen molar-refractivity contribution in [3.05, 3.63) is 100 Å². The molecule has 3 aromatic rings. The van der Waals surface area contributed by atoms with Crippen LogP contribution in [0.15, 0.2) is 83.5 Å². The zero-order chi connectivity index (χ0) is 21.6. The van der Waals surface area contributed by atoms with E-state index in [9.17, 15) is 4.79 Å². The van der Waals surface area contributed by atoms with E-state index < -0.39 is 5.97 Å². The Morgan fingerprint density at radius 1 is 0.968 bits per heavy atom. The third-order valence-corrected chi connectivity index (χ3v) is 4.74. The highest BCUT2D eigenvalue weighted by Gasteiger charge is 2.24. The maximum atomic E-state index is 12.3. The molecule has 0 radical (unpaired) electrons. The molecule has 31 heavy (non-hydrogen) atoms. The molecule has 0 unspecified atom stereocenters. The Kier molecular flexibility index (Phi) is 6.34. The SMILES string of the molecule is CCOc1cc(/C=C2\N=C(c3cccc(Cl)c3)OC2=O)ccc1OCc1ccccc1. The second-order valence-electron chi connectivity index (χ2n) is 6.76. The largest absolute Gasteiger partial charge is 0.490 e. The number of benzene rings is 3. The van der Waals surface area contributed by atoms with Crippen LogP contribution in [0.5, 0.6) is 11.5 Å². The van der Waals surface area contributed by atoms with Gasteiger partial charge in [0.25, 0.3) is 0 Å². The number of halogens is 1. The number of ether oxygens (including phenoxy) is 3. The zero-order valence-corrected chi connectivity index (χ0v) is 17.6. The molecule has 0 fully saturated rings. The molecular weight excluding hydrogens is 414 g/mol. The van der Waals surface area contributed by atoms with E-state index in [1.807, 2.05) is 55.5 Å². The molecule has 1 heterocycles. The van der Waals surface area contributed by atoms with Gasteiger partial charge in [0, 0.05) is 10.6 Å². The summed E-state index contributed by atoms with van der Waals surface area (Å²) >= 11 is 6.02. The highest BCUT2D eigenvalue weighted by molar-refractivity contribution is 6.31. The van der Waals surface area contributed by atoms with Crippen LogP contribution in [0.4, 0.5) is 0 Å². The molecule has 0 aliphatic carbocycles. The van der Waals surface area contributed by atoms with Gasteiger partial charge in [-0.15, -0.1) is 0 Å². The molecule has 1 aliphatic rings. The molecule has 4 rings (SSSR count). The second kappa shape index (κ2) is 9.49. The molecule has 0 spiro atoms. The third kappa shape index (κ3) is 5.13. The molecule has 0 saturated carbocycles. The van der Waals surface area contributed by atoms with Crippen LogP contribution in [0, 0.1) is 0 Å². The maximum absolute atomic E-state index is 12.3. The minimum Gasteiger partial charge on any atom is -0.490 e. The summed E-state index contributed by atoms with van der Waals surface area (Å²) in [7, 11) is 0. The van der Waals surface area contributed by atoms with Crippen molar-refractivity contribution >= 4 is 29.5 Å². The highest BCUT2D eigenvalue weighted by Crippen LogP contribution is 2.31. The summed E-state index contributed by atoms with van der Waals surface area (Å²) in [5.74, 6) is 0.937. The van der Waals surface area contributed by atoms with Gasteiger partial charge >= 0.3 is 5.97 Å². The van der Waals surface area contributed by atoms with Gasteiger partial charge < -0.3 is 14.2 Å². The summed E-state index contributed by atoms with van der Waals surface area (Å²) in [6.45, 7) is 2.82. The van der Waals surface area contributed by atoms with E-state index in [1.54, 1.807) is 30.3 Å². The third-order valence-electron chi connectivity index (χ3n) is 4.50. The van der Waals surface area contributed by atoms with Gasteiger partial charge in [0.1, 0.15) is 6.61 Å². The van der Waals surface area contributed by atoms with Gasteiger partial charge in [0.05, 0.1) is 6.61 Å². The van der Waals surface area contributed by atoms with Gasteiger partial charge in [-0.05, 0) is 54.5 Å². The summed E-state index contributed by atoms with van der Waals surface area (Å²) in [4.78, 5) is 16.6. The van der Waals surface area contributed by atoms with Gasteiger partial charge in [-0.25, -0.2) is 9.79 Å². The predicted molar refractivity (Wildman–Crippen MR) is 120 cm³/mol. The van der Waals surface area contributed by atoms with E-state index in [0.29, 0.717) is 35.3 Å². The Labute approximate surface area is 185 Å². The Morgan fingerprint density at radius 2 is 1.81 bits per heavy atom. The van der Waals surface area contributed by atoms with Crippen LogP contribution in [0.2, 0.25) is 5.02 Å². The van der Waals surface area contributed by atoms with E-state index in [-0.39, 0.29) is 11.6 Å². The van der Waals surface area contributed by atoms with Crippen LogP contribution in [0.1, 0.15) is 23.6 Å². The summed E-state index contributed by atoms with van der Waals surface area (Å²) in [6, 6.07) is 22.4. The van der Waals surface area contributed by atoms with Crippen molar-refractivity contribution in [1.29, 1.82) is 0 Å². The zero-order valence-electron chi connectivity index (χ0n) is 16.9. The number of carbonyl (C=O) groups is 1. The van der Waals surface area contributed by atoms with Crippen molar-refractivity contribution in [2.24, 2.45) is 4.99 Å². The maximum Gasteiger partial charge on any atom is 0.363 e. The lowest BCUT2D eigenvalue weighted by Crippen LogP contribution is -2.05. The van der Waals surface area contributed by atoms with Gasteiger partial charge in [-0.1, -0.05) is 54.1 Å². The smallest absolute Gasteiger partial charge is 0.363 e. The van der Waals surface area contributed by atoms with Crippen molar-refractivity contribution in [2.45, 2.75) is 13.5 Å². The van der Waals surface area contributed by atoms with Crippen LogP contribution in [-0.4, -0.2) is 18.5 Å². The second-order valence-corrected chi connectivity index (χ2v) is 7.20. The van der Waals surface area contributed by atoms with E-state index in [4.69, 9.17) is 25.8 Å². The first kappa shape index (κ1) is 20.7. The molecule has 1 aliphatic heterocycles. The molecule has 5 nitrogen and oxygen atoms in total. The van der Waals surface area contributed by atoms with E-state index in [1.165, 1.54) is 0 Å². The van der Waals surface area contributed by atoms with Gasteiger partial charge in [0.2, 0.25) is 5.90 Å². The summed E-state index contributed by atoms with van der Waals surface area (Å²) in [5.41, 5.74) is 2.66. The lowest BCUT2D eigenvalue weighted by molar-refractivity contribution is -0.129. The number of rotatable bonds is 7. The van der Waals surface area contributed by atoms with E-state index in [0.717, 1.165) is 11.1 Å². The molecule has 3 aromatic carbocycles. The Hall–Kier alpha value is -3.57. The summed E-state index contributed by atoms with van der Waals surface area (Å²) in [5, 5.41) is 0.543. The van der Waals surface area contributed by atoms with Crippen LogP contribution < -0.4 is 9.47 Å². The summed E-state index contributed by atoms with van der Waals surface area (Å²) < 4.78 is 17.0. The fourth-order valence-corrected chi connectivity index (χ4v) is 3.24. The van der Waals surface area contributed by atoms with Crippen molar-refractivity contribution in [2.75, 3.05) is 6.61 Å². The average Bonchev–Trinajstić information content (AvgIpc) is 3.14. The minimum atomic E-state index is -0.516. The van der Waals surface area contributed by atoms with Gasteiger partial charge in [-0.2, -0.15) is 0 Å². The molecular formula is C25H20ClNO4. The van der Waals surface area contributed by atoms with E-state index in [2.05, 4.69) is 4.99 Å². The average molecular weight is 434 g/mol. The monoisotopic (exact) mass is 433 g/mol. The van der Waals surface area contributed by atoms with Crippen molar-refractivity contribution in [1.82, 2.24) is 0 Å². The number of hydrogen-bond acceptors (Lipinski definition) is 5. The number of cyclic esters (lactones) is 1. The number of aliphatic imine (C=N–C) groups is 1. The fraction of sp³-hybridized carbons (Fsp3) is 0.120. The highest BCUT2D eigenvalue weighted by atomic mass is 35.5. The standard InChI is InChI=1S/C25H20ClNO4/c1-2-29-23-14-18(11-12-22(23)30-16-17-7-4-3-5-8-17)13-21-25(28)31-24(27-21)19-9-6-10-20(26)15-19/h3-15H,2,16H2,1H3/b21-13-. The normalized spacial score (nSPS) is 14.3. The van der Waals surface area contributed by atoms with Crippen molar-refractivity contribution in [3.63, 3.8) is 0 Å². The van der Waals surface area contributed by atoms with Crippen molar-refractivity contribution in [3.8, 4) is 11.5 Å². The lowest BCUT2D eigenvalue weighted by atomic mass is 10.1. The van der Waals surface area contributed by atoms with Gasteiger partial charge in [0.15, 0.2) is 17.2 Å². The molecule has 156 valence electrons. The molecule has 0 bridgehead atoms. The topological polar surface area (TPSA) is 57.1 Å². The number of nitrogens with zero attached hydrogens (tertiary/aromatic N) is 1.